The molecule has 0 radical (unpaired) electrons. The zero-order valence-corrected chi connectivity index (χ0v) is 19.4. The summed E-state index contributed by atoms with van der Waals surface area (Å²) in [6.07, 6.45) is 1.45. The topological polar surface area (TPSA) is 86.6 Å². The number of anilines is 1. The maximum Gasteiger partial charge on any atom is 0.244 e. The van der Waals surface area contributed by atoms with Crippen molar-refractivity contribution in [2.75, 3.05) is 19.5 Å². The van der Waals surface area contributed by atoms with E-state index in [2.05, 4.69) is 5.32 Å². The number of sulfone groups is 1. The van der Waals surface area contributed by atoms with Gasteiger partial charge < -0.3 is 19.4 Å². The van der Waals surface area contributed by atoms with Crippen LogP contribution in [0.2, 0.25) is 0 Å². The summed E-state index contributed by atoms with van der Waals surface area (Å²) in [5.74, 6) is -0.217. The first-order valence-electron chi connectivity index (χ1n) is 10.4. The van der Waals surface area contributed by atoms with Crippen molar-refractivity contribution < 1.29 is 27.1 Å². The van der Waals surface area contributed by atoms with E-state index in [4.69, 9.17) is 9.47 Å². The standard InChI is InChI=1S/C25H23FN2O5S/c1-32-19-10-11-23(33-2)21(13-19)27-25(29)15-28-14-24(20-8-3-4-9-22(20)28)34(30,31)16-17-6-5-7-18(26)12-17/h3-14H,15-16H2,1-2H3,(H,27,29). The molecule has 0 fully saturated rings. The van der Waals surface area contributed by atoms with Crippen molar-refractivity contribution in [1.29, 1.82) is 0 Å². The molecule has 4 rings (SSSR count). The highest BCUT2D eigenvalue weighted by Gasteiger charge is 2.23. The second-order valence-electron chi connectivity index (χ2n) is 7.64. The lowest BCUT2D eigenvalue weighted by Crippen LogP contribution is -2.18. The molecule has 7 nitrogen and oxygen atoms in total. The van der Waals surface area contributed by atoms with Crippen molar-refractivity contribution >= 4 is 32.3 Å². The molecule has 1 heterocycles. The molecule has 9 heteroatoms. The van der Waals surface area contributed by atoms with Gasteiger partial charge in [-0.1, -0.05) is 30.3 Å². The summed E-state index contributed by atoms with van der Waals surface area (Å²) in [4.78, 5) is 12.9. The van der Waals surface area contributed by atoms with Gasteiger partial charge in [0.25, 0.3) is 0 Å². The quantitative estimate of drug-likeness (QED) is 0.402. The lowest BCUT2D eigenvalue weighted by molar-refractivity contribution is -0.116. The number of aromatic nitrogens is 1. The monoisotopic (exact) mass is 482 g/mol. The number of hydrogen-bond acceptors (Lipinski definition) is 5. The Balaban J connectivity index is 1.64. The molecule has 0 spiro atoms. The van der Waals surface area contributed by atoms with Crippen LogP contribution in [0.5, 0.6) is 11.5 Å². The molecule has 1 aromatic heterocycles. The Kier molecular flexibility index (Phi) is 6.56. The van der Waals surface area contributed by atoms with E-state index in [0.717, 1.165) is 0 Å². The first-order chi connectivity index (χ1) is 16.3. The molecule has 4 aromatic rings. The number of ether oxygens (including phenoxy) is 2. The minimum absolute atomic E-state index is 0.0825. The summed E-state index contributed by atoms with van der Waals surface area (Å²) in [5, 5.41) is 3.28. The predicted molar refractivity (Wildman–Crippen MR) is 127 cm³/mol. The van der Waals surface area contributed by atoms with Crippen LogP contribution < -0.4 is 14.8 Å². The molecule has 0 saturated carbocycles. The molecule has 176 valence electrons. The van der Waals surface area contributed by atoms with Crippen LogP contribution >= 0.6 is 0 Å². The van der Waals surface area contributed by atoms with Gasteiger partial charge in [0, 0.05) is 23.2 Å². The number of benzene rings is 3. The van der Waals surface area contributed by atoms with Gasteiger partial charge in [0.05, 0.1) is 30.6 Å². The molecule has 1 N–H and O–H groups in total. The van der Waals surface area contributed by atoms with Crippen LogP contribution in [-0.2, 0) is 26.9 Å². The highest BCUT2D eigenvalue weighted by Crippen LogP contribution is 2.30. The number of nitrogens with one attached hydrogen (secondary N) is 1. The minimum Gasteiger partial charge on any atom is -0.497 e. The van der Waals surface area contributed by atoms with Gasteiger partial charge in [-0.3, -0.25) is 4.79 Å². The summed E-state index contributed by atoms with van der Waals surface area (Å²) in [6.45, 7) is -0.129. The van der Waals surface area contributed by atoms with Crippen molar-refractivity contribution in [3.63, 3.8) is 0 Å². The normalized spacial score (nSPS) is 11.4. The number of para-hydroxylation sites is 1. The first kappa shape index (κ1) is 23.3. The van der Waals surface area contributed by atoms with Crippen LogP contribution in [0.15, 0.2) is 77.8 Å². The van der Waals surface area contributed by atoms with E-state index in [-0.39, 0.29) is 23.1 Å². The van der Waals surface area contributed by atoms with E-state index in [9.17, 15) is 17.6 Å². The van der Waals surface area contributed by atoms with E-state index in [0.29, 0.717) is 33.7 Å². The number of nitrogens with zero attached hydrogens (tertiary/aromatic N) is 1. The number of carbonyl (C=O) groups is 1. The van der Waals surface area contributed by atoms with E-state index < -0.39 is 15.7 Å². The van der Waals surface area contributed by atoms with Crippen molar-refractivity contribution in [2.24, 2.45) is 0 Å². The van der Waals surface area contributed by atoms with Crippen LogP contribution in [0.3, 0.4) is 0 Å². The van der Waals surface area contributed by atoms with Crippen molar-refractivity contribution in [3.05, 3.63) is 84.3 Å². The van der Waals surface area contributed by atoms with Crippen molar-refractivity contribution in [2.45, 2.75) is 17.2 Å². The average molecular weight is 483 g/mol. The van der Waals surface area contributed by atoms with Crippen molar-refractivity contribution in [1.82, 2.24) is 4.57 Å². The van der Waals surface area contributed by atoms with Gasteiger partial charge in [-0.25, -0.2) is 12.8 Å². The van der Waals surface area contributed by atoms with Gasteiger partial charge in [-0.05, 0) is 35.9 Å². The molecule has 0 atom stereocenters. The van der Waals surface area contributed by atoms with Gasteiger partial charge in [0.2, 0.25) is 5.91 Å². The lowest BCUT2D eigenvalue weighted by Gasteiger charge is -2.12. The first-order valence-corrected chi connectivity index (χ1v) is 12.0. The zero-order valence-electron chi connectivity index (χ0n) is 18.6. The van der Waals surface area contributed by atoms with Crippen LogP contribution in [-0.4, -0.2) is 33.1 Å². The Morgan fingerprint density at radius 3 is 2.53 bits per heavy atom. The van der Waals surface area contributed by atoms with E-state index >= 15 is 0 Å². The average Bonchev–Trinajstić information content (AvgIpc) is 3.18. The fourth-order valence-corrected chi connectivity index (χ4v) is 5.34. The Bertz CT molecular complexity index is 1460. The molecule has 0 aliphatic rings. The fraction of sp³-hybridized carbons (Fsp3) is 0.160. The summed E-state index contributed by atoms with van der Waals surface area (Å²) in [6, 6.07) is 17.5. The number of halogens is 1. The number of hydrogen-bond donors (Lipinski definition) is 1. The van der Waals surface area contributed by atoms with E-state index in [1.807, 2.05) is 0 Å². The second-order valence-corrected chi connectivity index (χ2v) is 9.60. The predicted octanol–water partition coefficient (Wildman–Crippen LogP) is 4.41. The molecular formula is C25H23FN2O5S. The molecular weight excluding hydrogens is 459 g/mol. The lowest BCUT2D eigenvalue weighted by atomic mass is 10.2. The number of rotatable bonds is 8. The minimum atomic E-state index is -3.81. The van der Waals surface area contributed by atoms with Crippen LogP contribution in [0.4, 0.5) is 10.1 Å². The molecule has 0 aliphatic carbocycles. The second kappa shape index (κ2) is 9.56. The molecule has 0 bridgehead atoms. The largest absolute Gasteiger partial charge is 0.497 e. The Morgan fingerprint density at radius 1 is 1.00 bits per heavy atom. The molecule has 34 heavy (non-hydrogen) atoms. The Morgan fingerprint density at radius 2 is 1.79 bits per heavy atom. The van der Waals surface area contributed by atoms with Crippen molar-refractivity contribution in [3.8, 4) is 11.5 Å². The summed E-state index contributed by atoms with van der Waals surface area (Å²) < 4.78 is 52.1. The van der Waals surface area contributed by atoms with Crippen LogP contribution in [0.1, 0.15) is 5.56 Å². The van der Waals surface area contributed by atoms with Gasteiger partial charge in [-0.15, -0.1) is 0 Å². The SMILES string of the molecule is COc1ccc(OC)c(NC(=O)Cn2cc(S(=O)(=O)Cc3cccc(F)c3)c3ccccc32)c1. The number of methoxy groups -OCH3 is 2. The summed E-state index contributed by atoms with van der Waals surface area (Å²) in [5.41, 5.74) is 1.37. The zero-order chi connectivity index (χ0) is 24.3. The van der Waals surface area contributed by atoms with Gasteiger partial charge in [0.15, 0.2) is 9.84 Å². The number of carbonyl (C=O) groups excluding carboxylic acids is 1. The summed E-state index contributed by atoms with van der Waals surface area (Å²) >= 11 is 0. The maximum absolute atomic E-state index is 13.6. The van der Waals surface area contributed by atoms with Gasteiger partial charge in [0.1, 0.15) is 23.9 Å². The number of amides is 1. The molecule has 0 saturated heterocycles. The third kappa shape index (κ3) is 4.89. The van der Waals surface area contributed by atoms with Crippen LogP contribution in [0.25, 0.3) is 10.9 Å². The number of fused-ring (bicyclic) bond motifs is 1. The smallest absolute Gasteiger partial charge is 0.244 e. The highest BCUT2D eigenvalue weighted by atomic mass is 32.2. The third-order valence-electron chi connectivity index (χ3n) is 5.33. The van der Waals surface area contributed by atoms with E-state index in [1.165, 1.54) is 38.6 Å². The Labute approximate surface area is 196 Å². The molecule has 3 aromatic carbocycles. The molecule has 0 unspecified atom stereocenters. The highest BCUT2D eigenvalue weighted by molar-refractivity contribution is 7.90. The Hall–Kier alpha value is -3.85. The third-order valence-corrected chi connectivity index (χ3v) is 7.04. The van der Waals surface area contributed by atoms with E-state index in [1.54, 1.807) is 53.1 Å². The van der Waals surface area contributed by atoms with Gasteiger partial charge >= 0.3 is 0 Å². The summed E-state index contributed by atoms with van der Waals surface area (Å²) in [7, 11) is -0.794. The maximum atomic E-state index is 13.6. The van der Waals surface area contributed by atoms with Gasteiger partial charge in [-0.2, -0.15) is 0 Å². The fourth-order valence-electron chi connectivity index (χ4n) is 3.77. The van der Waals surface area contributed by atoms with Crippen LogP contribution in [0, 0.1) is 5.82 Å². The molecule has 0 aliphatic heterocycles. The molecule has 1 amide bonds.